The van der Waals surface area contributed by atoms with E-state index in [1.807, 2.05) is 31.2 Å². The molecule has 0 saturated carbocycles. The van der Waals surface area contributed by atoms with Gasteiger partial charge < -0.3 is 14.8 Å². The third-order valence-corrected chi connectivity index (χ3v) is 4.13. The molecule has 2 aromatic rings. The van der Waals surface area contributed by atoms with Crippen molar-refractivity contribution in [2.24, 2.45) is 0 Å². The molecule has 0 aromatic heterocycles. The maximum absolute atomic E-state index is 12.1. The third-order valence-electron chi connectivity index (χ3n) is 3.44. The highest BCUT2D eigenvalue weighted by Crippen LogP contribution is 2.32. The number of hydrogen-bond acceptors (Lipinski definition) is 4. The summed E-state index contributed by atoms with van der Waals surface area (Å²) in [6.07, 6.45) is 1.52. The number of ether oxygens (including phenoxy) is 2. The number of aryl methyl sites for hydroxylation is 1. The fourth-order valence-electron chi connectivity index (χ4n) is 2.19. The molecule has 0 saturated heterocycles. The SMILES string of the molecule is CCc1ccccc1NC(=O)COc1cc(C=O)c(Br)cc1OC. The molecule has 0 aliphatic rings. The molecule has 126 valence electrons. The Morgan fingerprint density at radius 1 is 1.25 bits per heavy atom. The number of halogens is 1. The number of rotatable bonds is 7. The Labute approximate surface area is 149 Å². The van der Waals surface area contributed by atoms with Crippen molar-refractivity contribution in [2.45, 2.75) is 13.3 Å². The lowest BCUT2D eigenvalue weighted by molar-refractivity contribution is -0.118. The van der Waals surface area contributed by atoms with E-state index in [2.05, 4.69) is 21.2 Å². The van der Waals surface area contributed by atoms with E-state index in [1.54, 1.807) is 6.07 Å². The Morgan fingerprint density at radius 2 is 2.00 bits per heavy atom. The number of hydrogen-bond donors (Lipinski definition) is 1. The molecule has 1 N–H and O–H groups in total. The van der Waals surface area contributed by atoms with E-state index in [0.29, 0.717) is 27.8 Å². The smallest absolute Gasteiger partial charge is 0.262 e. The summed E-state index contributed by atoms with van der Waals surface area (Å²) in [6.45, 7) is 1.84. The van der Waals surface area contributed by atoms with Gasteiger partial charge in [-0.1, -0.05) is 25.1 Å². The number of aldehydes is 1. The van der Waals surface area contributed by atoms with Crippen LogP contribution in [0.1, 0.15) is 22.8 Å². The molecule has 24 heavy (non-hydrogen) atoms. The first-order valence-corrected chi connectivity index (χ1v) is 8.21. The monoisotopic (exact) mass is 391 g/mol. The van der Waals surface area contributed by atoms with Crippen molar-refractivity contribution in [1.82, 2.24) is 0 Å². The fraction of sp³-hybridized carbons (Fsp3) is 0.222. The molecule has 0 aliphatic carbocycles. The van der Waals surface area contributed by atoms with Crippen molar-refractivity contribution in [2.75, 3.05) is 19.0 Å². The minimum absolute atomic E-state index is 0.186. The zero-order valence-corrected chi connectivity index (χ0v) is 15.1. The van der Waals surface area contributed by atoms with Crippen LogP contribution in [0.5, 0.6) is 11.5 Å². The summed E-state index contributed by atoms with van der Waals surface area (Å²) in [5.74, 6) is 0.490. The number of amides is 1. The molecule has 0 radical (unpaired) electrons. The van der Waals surface area contributed by atoms with Crippen molar-refractivity contribution in [3.63, 3.8) is 0 Å². The summed E-state index contributed by atoms with van der Waals surface area (Å²) in [7, 11) is 1.49. The molecule has 0 aliphatic heterocycles. The van der Waals surface area contributed by atoms with E-state index in [-0.39, 0.29) is 12.5 Å². The maximum atomic E-state index is 12.1. The summed E-state index contributed by atoms with van der Waals surface area (Å²) >= 11 is 3.28. The van der Waals surface area contributed by atoms with Gasteiger partial charge >= 0.3 is 0 Å². The Kier molecular flexibility index (Phi) is 6.37. The van der Waals surface area contributed by atoms with Crippen LogP contribution in [0.2, 0.25) is 0 Å². The molecule has 0 spiro atoms. The Hall–Kier alpha value is -2.34. The first-order chi connectivity index (χ1) is 11.6. The van der Waals surface area contributed by atoms with E-state index in [9.17, 15) is 9.59 Å². The number of carbonyl (C=O) groups is 2. The zero-order valence-electron chi connectivity index (χ0n) is 13.5. The number of carbonyl (C=O) groups excluding carboxylic acids is 2. The van der Waals surface area contributed by atoms with Gasteiger partial charge in [0.1, 0.15) is 0 Å². The van der Waals surface area contributed by atoms with Gasteiger partial charge in [0.25, 0.3) is 5.91 Å². The molecule has 1 amide bonds. The van der Waals surface area contributed by atoms with Crippen molar-refractivity contribution < 1.29 is 19.1 Å². The predicted molar refractivity (Wildman–Crippen MR) is 96.0 cm³/mol. The second kappa shape index (κ2) is 8.49. The van der Waals surface area contributed by atoms with Gasteiger partial charge in [0, 0.05) is 15.7 Å². The molecular weight excluding hydrogens is 374 g/mol. The van der Waals surface area contributed by atoms with E-state index >= 15 is 0 Å². The average molecular weight is 392 g/mol. The van der Waals surface area contributed by atoms with Crippen LogP contribution in [-0.4, -0.2) is 25.9 Å². The van der Waals surface area contributed by atoms with Crippen molar-refractivity contribution >= 4 is 33.8 Å². The van der Waals surface area contributed by atoms with Crippen LogP contribution in [0.3, 0.4) is 0 Å². The molecule has 2 rings (SSSR count). The summed E-state index contributed by atoms with van der Waals surface area (Å²) < 4.78 is 11.3. The largest absolute Gasteiger partial charge is 0.493 e. The van der Waals surface area contributed by atoms with Crippen LogP contribution in [0.4, 0.5) is 5.69 Å². The normalized spacial score (nSPS) is 10.1. The van der Waals surface area contributed by atoms with Crippen LogP contribution in [-0.2, 0) is 11.2 Å². The molecule has 0 fully saturated rings. The van der Waals surface area contributed by atoms with Crippen LogP contribution in [0.15, 0.2) is 40.9 Å². The summed E-state index contributed by atoms with van der Waals surface area (Å²) in [4.78, 5) is 23.1. The molecule has 0 heterocycles. The van der Waals surface area contributed by atoms with Gasteiger partial charge in [-0.05, 0) is 46.1 Å². The minimum atomic E-state index is -0.284. The lowest BCUT2D eigenvalue weighted by atomic mass is 10.1. The van der Waals surface area contributed by atoms with Gasteiger partial charge in [0.15, 0.2) is 24.4 Å². The first kappa shape index (κ1) is 18.0. The van der Waals surface area contributed by atoms with Crippen LogP contribution >= 0.6 is 15.9 Å². The van der Waals surface area contributed by atoms with Crippen LogP contribution in [0, 0.1) is 0 Å². The zero-order chi connectivity index (χ0) is 17.5. The van der Waals surface area contributed by atoms with Gasteiger partial charge in [-0.3, -0.25) is 9.59 Å². The first-order valence-electron chi connectivity index (χ1n) is 7.42. The molecule has 2 aromatic carbocycles. The van der Waals surface area contributed by atoms with Gasteiger partial charge in [-0.15, -0.1) is 0 Å². The molecule has 0 atom stereocenters. The Morgan fingerprint density at radius 3 is 2.67 bits per heavy atom. The third kappa shape index (κ3) is 4.35. The van der Waals surface area contributed by atoms with E-state index < -0.39 is 0 Å². The van der Waals surface area contributed by atoms with Gasteiger partial charge in [0.05, 0.1) is 7.11 Å². The molecular formula is C18H18BrNO4. The van der Waals surface area contributed by atoms with E-state index in [1.165, 1.54) is 13.2 Å². The van der Waals surface area contributed by atoms with E-state index in [4.69, 9.17) is 9.47 Å². The molecule has 6 heteroatoms. The van der Waals surface area contributed by atoms with E-state index in [0.717, 1.165) is 17.7 Å². The lowest BCUT2D eigenvalue weighted by Gasteiger charge is -2.13. The van der Waals surface area contributed by atoms with Crippen LogP contribution < -0.4 is 14.8 Å². The number of nitrogens with one attached hydrogen (secondary N) is 1. The highest BCUT2D eigenvalue weighted by molar-refractivity contribution is 9.10. The van der Waals surface area contributed by atoms with Crippen molar-refractivity contribution in [1.29, 1.82) is 0 Å². The standard InChI is InChI=1S/C18H18BrNO4/c1-3-12-6-4-5-7-15(12)20-18(22)11-24-17-8-13(10-21)14(19)9-16(17)23-2/h4-10H,3,11H2,1-2H3,(H,20,22). The number of benzene rings is 2. The predicted octanol–water partition coefficient (Wildman–Crippen LogP) is 3.85. The van der Waals surface area contributed by atoms with Gasteiger partial charge in [-0.2, -0.15) is 0 Å². The highest BCUT2D eigenvalue weighted by atomic mass is 79.9. The van der Waals surface area contributed by atoms with Crippen molar-refractivity contribution in [3.8, 4) is 11.5 Å². The lowest BCUT2D eigenvalue weighted by Crippen LogP contribution is -2.21. The maximum Gasteiger partial charge on any atom is 0.262 e. The van der Waals surface area contributed by atoms with Crippen molar-refractivity contribution in [3.05, 3.63) is 52.0 Å². The second-order valence-electron chi connectivity index (χ2n) is 4.99. The molecule has 5 nitrogen and oxygen atoms in total. The summed E-state index contributed by atoms with van der Waals surface area (Å²) in [6, 6.07) is 10.8. The Balaban J connectivity index is 2.07. The number of methoxy groups -OCH3 is 1. The highest BCUT2D eigenvalue weighted by Gasteiger charge is 2.12. The topological polar surface area (TPSA) is 64.6 Å². The average Bonchev–Trinajstić information content (AvgIpc) is 2.60. The number of anilines is 1. The van der Waals surface area contributed by atoms with Gasteiger partial charge in [0.2, 0.25) is 0 Å². The van der Waals surface area contributed by atoms with Gasteiger partial charge in [-0.25, -0.2) is 0 Å². The molecule has 0 bridgehead atoms. The summed E-state index contributed by atoms with van der Waals surface area (Å²) in [5, 5.41) is 2.83. The fourth-order valence-corrected chi connectivity index (χ4v) is 2.61. The Bertz CT molecular complexity index is 746. The minimum Gasteiger partial charge on any atom is -0.493 e. The van der Waals surface area contributed by atoms with Crippen LogP contribution in [0.25, 0.3) is 0 Å². The second-order valence-corrected chi connectivity index (χ2v) is 5.84. The molecule has 0 unspecified atom stereocenters. The number of para-hydroxylation sites is 1. The quantitative estimate of drug-likeness (QED) is 0.727. The summed E-state index contributed by atoms with van der Waals surface area (Å²) in [5.41, 5.74) is 2.24.